The molecule has 2 atom stereocenters. The highest BCUT2D eigenvalue weighted by molar-refractivity contribution is 6.08. The SMILES string of the molecule is C[C@]12CCCC[C@H]1N(C(=O)c1[nH]ncc1C#N)c1ccccc12. The van der Waals surface area contributed by atoms with E-state index < -0.39 is 0 Å². The van der Waals surface area contributed by atoms with Crippen LogP contribution in [0, 0.1) is 11.3 Å². The highest BCUT2D eigenvalue weighted by atomic mass is 16.2. The molecular weight excluding hydrogens is 288 g/mol. The minimum atomic E-state index is -0.151. The highest BCUT2D eigenvalue weighted by Gasteiger charge is 2.51. The van der Waals surface area contributed by atoms with E-state index in [1.165, 1.54) is 18.2 Å². The molecule has 0 bridgehead atoms. The summed E-state index contributed by atoms with van der Waals surface area (Å²) in [5.41, 5.74) is 2.81. The monoisotopic (exact) mass is 306 g/mol. The molecule has 116 valence electrons. The number of H-pyrrole nitrogens is 1. The Morgan fingerprint density at radius 1 is 1.43 bits per heavy atom. The Hall–Kier alpha value is -2.61. The van der Waals surface area contributed by atoms with Crippen LogP contribution in [0.3, 0.4) is 0 Å². The molecule has 1 N–H and O–H groups in total. The van der Waals surface area contributed by atoms with Crippen molar-refractivity contribution in [2.24, 2.45) is 0 Å². The fraction of sp³-hybridized carbons (Fsp3) is 0.389. The lowest BCUT2D eigenvalue weighted by atomic mass is 9.69. The molecule has 1 amide bonds. The standard InChI is InChI=1S/C18H18N4O/c1-18-9-5-4-8-15(18)22(14-7-3-2-6-13(14)18)17(23)16-12(10-19)11-20-21-16/h2-3,6-7,11,15H,4-5,8-9H2,1H3,(H,20,21)/t15-,18-/m1/s1. The van der Waals surface area contributed by atoms with Gasteiger partial charge in [0.2, 0.25) is 0 Å². The lowest BCUT2D eigenvalue weighted by Crippen LogP contribution is -2.48. The van der Waals surface area contributed by atoms with Gasteiger partial charge in [0.05, 0.1) is 6.20 Å². The quantitative estimate of drug-likeness (QED) is 0.879. The third-order valence-corrected chi connectivity index (χ3v) is 5.44. The zero-order valence-corrected chi connectivity index (χ0v) is 13.0. The summed E-state index contributed by atoms with van der Waals surface area (Å²) in [6.07, 6.45) is 5.82. The first kappa shape index (κ1) is 14.0. The summed E-state index contributed by atoms with van der Waals surface area (Å²) in [6.45, 7) is 2.26. The molecular formula is C18H18N4O. The van der Waals surface area contributed by atoms with Crippen molar-refractivity contribution in [1.29, 1.82) is 5.26 Å². The molecule has 0 saturated heterocycles. The van der Waals surface area contributed by atoms with Crippen molar-refractivity contribution in [2.45, 2.75) is 44.1 Å². The zero-order valence-electron chi connectivity index (χ0n) is 13.0. The third kappa shape index (κ3) is 1.84. The number of para-hydroxylation sites is 1. The van der Waals surface area contributed by atoms with Crippen LogP contribution in [0.15, 0.2) is 30.5 Å². The normalized spacial score (nSPS) is 25.6. The van der Waals surface area contributed by atoms with Gasteiger partial charge in [-0.25, -0.2) is 0 Å². The first-order valence-corrected chi connectivity index (χ1v) is 8.03. The summed E-state index contributed by atoms with van der Waals surface area (Å²) in [5.74, 6) is -0.151. The van der Waals surface area contributed by atoms with Crippen molar-refractivity contribution in [1.82, 2.24) is 10.2 Å². The Kier molecular flexibility index (Phi) is 3.02. The highest BCUT2D eigenvalue weighted by Crippen LogP contribution is 2.52. The van der Waals surface area contributed by atoms with Crippen LogP contribution in [-0.4, -0.2) is 22.1 Å². The number of nitrogens with one attached hydrogen (secondary N) is 1. The first-order chi connectivity index (χ1) is 11.2. The summed E-state index contributed by atoms with van der Waals surface area (Å²) in [7, 11) is 0. The summed E-state index contributed by atoms with van der Waals surface area (Å²) in [6, 6.07) is 10.4. The second-order valence-corrected chi connectivity index (χ2v) is 6.64. The summed E-state index contributed by atoms with van der Waals surface area (Å²) < 4.78 is 0. The number of amides is 1. The van der Waals surface area contributed by atoms with E-state index in [-0.39, 0.29) is 23.1 Å². The van der Waals surface area contributed by atoms with Crippen LogP contribution in [0.25, 0.3) is 0 Å². The van der Waals surface area contributed by atoms with Crippen LogP contribution in [0.5, 0.6) is 0 Å². The van der Waals surface area contributed by atoms with Gasteiger partial charge < -0.3 is 4.90 Å². The van der Waals surface area contributed by atoms with Crippen LogP contribution < -0.4 is 4.90 Å². The van der Waals surface area contributed by atoms with Gasteiger partial charge in [-0.15, -0.1) is 0 Å². The molecule has 1 aromatic carbocycles. The van der Waals surface area contributed by atoms with E-state index in [1.54, 1.807) is 0 Å². The van der Waals surface area contributed by atoms with Gasteiger partial charge in [-0.2, -0.15) is 10.4 Å². The fourth-order valence-electron chi connectivity index (χ4n) is 4.28. The summed E-state index contributed by atoms with van der Waals surface area (Å²) in [5, 5.41) is 15.8. The van der Waals surface area contributed by atoms with E-state index in [4.69, 9.17) is 0 Å². The van der Waals surface area contributed by atoms with Crippen molar-refractivity contribution in [3.8, 4) is 6.07 Å². The number of benzene rings is 1. The first-order valence-electron chi connectivity index (χ1n) is 8.03. The average Bonchev–Trinajstić information content (AvgIpc) is 3.15. The van der Waals surface area contributed by atoms with E-state index in [1.807, 2.05) is 29.2 Å². The number of aromatic amines is 1. The molecule has 23 heavy (non-hydrogen) atoms. The second-order valence-electron chi connectivity index (χ2n) is 6.64. The smallest absolute Gasteiger partial charge is 0.277 e. The fourth-order valence-corrected chi connectivity index (χ4v) is 4.28. The van der Waals surface area contributed by atoms with Crippen LogP contribution in [0.4, 0.5) is 5.69 Å². The van der Waals surface area contributed by atoms with Gasteiger partial charge in [-0.1, -0.05) is 38.0 Å². The molecule has 0 spiro atoms. The summed E-state index contributed by atoms with van der Waals surface area (Å²) in [4.78, 5) is 15.0. The van der Waals surface area contributed by atoms with E-state index in [0.29, 0.717) is 5.56 Å². The van der Waals surface area contributed by atoms with Crippen molar-refractivity contribution >= 4 is 11.6 Å². The molecule has 0 radical (unpaired) electrons. The molecule has 2 aliphatic rings. The Morgan fingerprint density at radius 2 is 2.26 bits per heavy atom. The van der Waals surface area contributed by atoms with Gasteiger partial charge in [0.25, 0.3) is 5.91 Å². The van der Waals surface area contributed by atoms with E-state index in [0.717, 1.165) is 24.9 Å². The van der Waals surface area contributed by atoms with E-state index in [9.17, 15) is 10.1 Å². The maximum Gasteiger partial charge on any atom is 0.277 e. The Balaban J connectivity index is 1.85. The number of rotatable bonds is 1. The lowest BCUT2D eigenvalue weighted by molar-refractivity contribution is 0.0956. The van der Waals surface area contributed by atoms with Crippen molar-refractivity contribution < 1.29 is 4.79 Å². The molecule has 1 saturated carbocycles. The van der Waals surface area contributed by atoms with Gasteiger partial charge >= 0.3 is 0 Å². The predicted molar refractivity (Wildman–Crippen MR) is 86.2 cm³/mol. The Bertz CT molecular complexity index is 818. The van der Waals surface area contributed by atoms with Gasteiger partial charge in [-0.05, 0) is 24.5 Å². The minimum absolute atomic E-state index is 0.00265. The van der Waals surface area contributed by atoms with E-state index >= 15 is 0 Å². The molecule has 1 aliphatic heterocycles. The number of carbonyl (C=O) groups is 1. The maximum atomic E-state index is 13.2. The van der Waals surface area contributed by atoms with Gasteiger partial charge in [-0.3, -0.25) is 9.89 Å². The number of nitrogens with zero attached hydrogens (tertiary/aromatic N) is 3. The number of fused-ring (bicyclic) bond motifs is 3. The average molecular weight is 306 g/mol. The lowest BCUT2D eigenvalue weighted by Gasteiger charge is -2.39. The van der Waals surface area contributed by atoms with Crippen LogP contribution in [-0.2, 0) is 5.41 Å². The van der Waals surface area contributed by atoms with Gasteiger partial charge in [0.15, 0.2) is 0 Å². The largest absolute Gasteiger partial charge is 0.303 e. The number of nitriles is 1. The maximum absolute atomic E-state index is 13.2. The van der Waals surface area contributed by atoms with Crippen molar-refractivity contribution in [3.05, 3.63) is 47.3 Å². The van der Waals surface area contributed by atoms with E-state index in [2.05, 4.69) is 23.2 Å². The predicted octanol–water partition coefficient (Wildman–Crippen LogP) is 3.14. The van der Waals surface area contributed by atoms with Gasteiger partial charge in [0, 0.05) is 17.1 Å². The molecule has 4 rings (SSSR count). The Morgan fingerprint density at radius 3 is 3.09 bits per heavy atom. The number of anilines is 1. The number of carbonyl (C=O) groups excluding carboxylic acids is 1. The zero-order chi connectivity index (χ0) is 16.0. The van der Waals surface area contributed by atoms with Crippen molar-refractivity contribution in [2.75, 3.05) is 4.90 Å². The summed E-state index contributed by atoms with van der Waals surface area (Å²) >= 11 is 0. The molecule has 5 nitrogen and oxygen atoms in total. The molecule has 1 aliphatic carbocycles. The molecule has 0 unspecified atom stereocenters. The number of hydrogen-bond acceptors (Lipinski definition) is 3. The molecule has 2 heterocycles. The third-order valence-electron chi connectivity index (χ3n) is 5.44. The minimum Gasteiger partial charge on any atom is -0.303 e. The topological polar surface area (TPSA) is 72.8 Å². The molecule has 1 fully saturated rings. The molecule has 2 aromatic rings. The van der Waals surface area contributed by atoms with Crippen LogP contribution >= 0.6 is 0 Å². The molecule has 1 aromatic heterocycles. The molecule has 5 heteroatoms. The van der Waals surface area contributed by atoms with Crippen LogP contribution in [0.1, 0.15) is 54.2 Å². The Labute approximate surface area is 134 Å². The van der Waals surface area contributed by atoms with Gasteiger partial charge in [0.1, 0.15) is 17.3 Å². The number of hydrogen-bond donors (Lipinski definition) is 1. The second kappa shape index (κ2) is 4.95. The van der Waals surface area contributed by atoms with Crippen molar-refractivity contribution in [3.63, 3.8) is 0 Å². The van der Waals surface area contributed by atoms with Crippen LogP contribution in [0.2, 0.25) is 0 Å². The number of aromatic nitrogens is 2.